The van der Waals surface area contributed by atoms with Crippen LogP contribution >= 0.6 is 15.9 Å². The Morgan fingerprint density at radius 3 is 2.05 bits per heavy atom. The van der Waals surface area contributed by atoms with Gasteiger partial charge in [-0.1, -0.05) is 72.8 Å². The van der Waals surface area contributed by atoms with Crippen LogP contribution in [-0.4, -0.2) is 9.13 Å². The lowest BCUT2D eigenvalue weighted by molar-refractivity contribution is 0.666. The number of hydrogen-bond donors (Lipinski definition) is 0. The largest absolute Gasteiger partial charge is 0.455 e. The minimum absolute atomic E-state index is 0.880. The molecule has 0 saturated carbocycles. The van der Waals surface area contributed by atoms with E-state index in [0.29, 0.717) is 0 Å². The lowest BCUT2D eigenvalue weighted by Gasteiger charge is -2.10. The number of para-hydroxylation sites is 4. The SMILES string of the molecule is Brc1cccc2c1oc1ccc(-n3c4ccccc4c4ccc5c(c6ccccc6n5-c5ccccc5)c43)cc12. The summed E-state index contributed by atoms with van der Waals surface area (Å²) in [7, 11) is 0. The quantitative estimate of drug-likeness (QED) is 0.200. The molecule has 3 aromatic heterocycles. The summed E-state index contributed by atoms with van der Waals surface area (Å²) < 4.78 is 12.0. The van der Waals surface area contributed by atoms with Crippen LogP contribution in [0.5, 0.6) is 0 Å². The summed E-state index contributed by atoms with van der Waals surface area (Å²) in [6, 6.07) is 45.5. The van der Waals surface area contributed by atoms with Gasteiger partial charge in [0.2, 0.25) is 0 Å². The predicted molar refractivity (Wildman–Crippen MR) is 170 cm³/mol. The van der Waals surface area contributed by atoms with Gasteiger partial charge < -0.3 is 13.6 Å². The van der Waals surface area contributed by atoms with Crippen LogP contribution in [0, 0.1) is 0 Å². The Labute approximate surface area is 237 Å². The molecule has 188 valence electrons. The molecule has 0 fully saturated rings. The average molecular weight is 577 g/mol. The van der Waals surface area contributed by atoms with Crippen LogP contribution in [0.15, 0.2) is 136 Å². The van der Waals surface area contributed by atoms with Crippen molar-refractivity contribution in [3.8, 4) is 11.4 Å². The second kappa shape index (κ2) is 8.10. The fourth-order valence-corrected chi connectivity index (χ4v) is 6.97. The first-order chi connectivity index (χ1) is 19.8. The Balaban J connectivity index is 1.48. The van der Waals surface area contributed by atoms with Gasteiger partial charge in [0.1, 0.15) is 11.2 Å². The van der Waals surface area contributed by atoms with E-state index in [-0.39, 0.29) is 0 Å². The molecule has 3 nitrogen and oxygen atoms in total. The van der Waals surface area contributed by atoms with E-state index >= 15 is 0 Å². The average Bonchev–Trinajstić information content (AvgIpc) is 3.65. The molecule has 0 atom stereocenters. The molecule has 40 heavy (non-hydrogen) atoms. The summed E-state index contributed by atoms with van der Waals surface area (Å²) in [4.78, 5) is 0. The first-order valence-corrected chi connectivity index (χ1v) is 14.2. The molecule has 0 bridgehead atoms. The van der Waals surface area contributed by atoms with Gasteiger partial charge in [0.05, 0.1) is 26.5 Å². The van der Waals surface area contributed by atoms with Crippen LogP contribution in [-0.2, 0) is 0 Å². The zero-order valence-corrected chi connectivity index (χ0v) is 22.9. The summed E-state index contributed by atoms with van der Waals surface area (Å²) >= 11 is 3.67. The van der Waals surface area contributed by atoms with Gasteiger partial charge in [0.25, 0.3) is 0 Å². The van der Waals surface area contributed by atoms with Gasteiger partial charge in [0, 0.05) is 43.7 Å². The number of fused-ring (bicyclic) bond motifs is 10. The molecule has 0 amide bonds. The van der Waals surface area contributed by atoms with Gasteiger partial charge >= 0.3 is 0 Å². The topological polar surface area (TPSA) is 23.0 Å². The minimum atomic E-state index is 0.880. The molecular formula is C36H21BrN2O. The van der Waals surface area contributed by atoms with Gasteiger partial charge in [-0.25, -0.2) is 0 Å². The lowest BCUT2D eigenvalue weighted by atomic mass is 10.1. The summed E-state index contributed by atoms with van der Waals surface area (Å²) in [5, 5.41) is 7.22. The van der Waals surface area contributed by atoms with Crippen molar-refractivity contribution in [2.75, 3.05) is 0 Å². The number of rotatable bonds is 2. The van der Waals surface area contributed by atoms with Gasteiger partial charge in [-0.3, -0.25) is 0 Å². The van der Waals surface area contributed by atoms with E-state index in [1.165, 1.54) is 43.6 Å². The third kappa shape index (κ3) is 2.89. The number of benzene rings is 6. The maximum Gasteiger partial charge on any atom is 0.149 e. The Morgan fingerprint density at radius 2 is 1.20 bits per heavy atom. The summed E-state index contributed by atoms with van der Waals surface area (Å²) in [5.41, 5.74) is 8.85. The molecule has 4 heteroatoms. The molecule has 6 aromatic carbocycles. The van der Waals surface area contributed by atoms with Crippen molar-refractivity contribution in [3.05, 3.63) is 132 Å². The molecule has 0 radical (unpaired) electrons. The van der Waals surface area contributed by atoms with Crippen LogP contribution in [0.4, 0.5) is 0 Å². The second-order valence-electron chi connectivity index (χ2n) is 10.3. The molecule has 0 aliphatic rings. The number of halogens is 1. The Morgan fingerprint density at radius 1 is 0.475 bits per heavy atom. The van der Waals surface area contributed by atoms with E-state index in [0.717, 1.165) is 37.8 Å². The normalized spacial score (nSPS) is 12.1. The number of furan rings is 1. The lowest BCUT2D eigenvalue weighted by Crippen LogP contribution is -1.95. The van der Waals surface area contributed by atoms with Crippen molar-refractivity contribution >= 4 is 81.5 Å². The van der Waals surface area contributed by atoms with Crippen molar-refractivity contribution in [1.82, 2.24) is 9.13 Å². The molecule has 0 unspecified atom stereocenters. The van der Waals surface area contributed by atoms with Crippen molar-refractivity contribution in [1.29, 1.82) is 0 Å². The first kappa shape index (κ1) is 22.1. The maximum atomic E-state index is 6.25. The van der Waals surface area contributed by atoms with Crippen molar-refractivity contribution in [3.63, 3.8) is 0 Å². The minimum Gasteiger partial charge on any atom is -0.455 e. The van der Waals surface area contributed by atoms with E-state index in [1.807, 2.05) is 6.07 Å². The van der Waals surface area contributed by atoms with Gasteiger partial charge in [-0.2, -0.15) is 0 Å². The van der Waals surface area contributed by atoms with Crippen LogP contribution < -0.4 is 0 Å². The van der Waals surface area contributed by atoms with Gasteiger partial charge in [0.15, 0.2) is 0 Å². The van der Waals surface area contributed by atoms with E-state index in [4.69, 9.17) is 4.42 Å². The maximum absolute atomic E-state index is 6.25. The molecule has 0 saturated heterocycles. The van der Waals surface area contributed by atoms with Crippen LogP contribution in [0.3, 0.4) is 0 Å². The molecule has 9 rings (SSSR count). The molecule has 0 N–H and O–H groups in total. The number of nitrogens with zero attached hydrogens (tertiary/aromatic N) is 2. The molecule has 0 aliphatic carbocycles. The first-order valence-electron chi connectivity index (χ1n) is 13.4. The smallest absolute Gasteiger partial charge is 0.149 e. The van der Waals surface area contributed by atoms with Crippen molar-refractivity contribution in [2.45, 2.75) is 0 Å². The summed E-state index contributed by atoms with van der Waals surface area (Å²) in [6.07, 6.45) is 0. The monoisotopic (exact) mass is 576 g/mol. The Kier molecular flexibility index (Phi) is 4.47. The molecular weight excluding hydrogens is 556 g/mol. The fourth-order valence-electron chi connectivity index (χ4n) is 6.52. The van der Waals surface area contributed by atoms with Crippen LogP contribution in [0.1, 0.15) is 0 Å². The highest BCUT2D eigenvalue weighted by molar-refractivity contribution is 9.10. The Hall–Kier alpha value is -4.80. The van der Waals surface area contributed by atoms with Crippen molar-refractivity contribution in [2.24, 2.45) is 0 Å². The zero-order chi connectivity index (χ0) is 26.4. The van der Waals surface area contributed by atoms with E-state index in [1.54, 1.807) is 0 Å². The van der Waals surface area contributed by atoms with E-state index in [9.17, 15) is 0 Å². The third-order valence-electron chi connectivity index (χ3n) is 8.17. The second-order valence-corrected chi connectivity index (χ2v) is 11.1. The number of hydrogen-bond acceptors (Lipinski definition) is 1. The van der Waals surface area contributed by atoms with E-state index in [2.05, 4.69) is 146 Å². The molecule has 3 heterocycles. The van der Waals surface area contributed by atoms with Gasteiger partial charge in [-0.15, -0.1) is 0 Å². The van der Waals surface area contributed by atoms with E-state index < -0.39 is 0 Å². The highest BCUT2D eigenvalue weighted by Crippen LogP contribution is 2.43. The number of aromatic nitrogens is 2. The Bertz CT molecular complexity index is 2440. The summed E-state index contributed by atoms with van der Waals surface area (Å²) in [5.74, 6) is 0. The van der Waals surface area contributed by atoms with Crippen molar-refractivity contribution < 1.29 is 4.42 Å². The molecule has 9 aromatic rings. The predicted octanol–water partition coefficient (Wildman–Crippen LogP) is 10.5. The van der Waals surface area contributed by atoms with Crippen LogP contribution in [0.25, 0.3) is 76.9 Å². The van der Waals surface area contributed by atoms with Crippen LogP contribution in [0.2, 0.25) is 0 Å². The van der Waals surface area contributed by atoms with Gasteiger partial charge in [-0.05, 0) is 70.5 Å². The highest BCUT2D eigenvalue weighted by atomic mass is 79.9. The fraction of sp³-hybridized carbons (Fsp3) is 0. The standard InChI is InChI=1S/C36H21BrN2O/c37-29-14-8-13-26-28-21-23(17-20-33(28)40-36(26)29)39-30-15-6-4-11-24(30)25-18-19-32-34(35(25)39)27-12-5-7-16-31(27)38(32)22-9-2-1-3-10-22/h1-21H. The third-order valence-corrected chi connectivity index (χ3v) is 8.80. The molecule has 0 spiro atoms. The highest BCUT2D eigenvalue weighted by Gasteiger charge is 2.21. The zero-order valence-electron chi connectivity index (χ0n) is 21.3. The molecule has 0 aliphatic heterocycles. The summed E-state index contributed by atoms with van der Waals surface area (Å²) in [6.45, 7) is 0.